The number of primary amides is 1. The molecule has 0 aliphatic rings. The van der Waals surface area contributed by atoms with E-state index < -0.39 is 23.2 Å². The zero-order valence-corrected chi connectivity index (χ0v) is 10.1. The topological polar surface area (TPSA) is 55.1 Å². The summed E-state index contributed by atoms with van der Waals surface area (Å²) >= 11 is 0. The minimum Gasteiger partial charge on any atom is -0.370 e. The Morgan fingerprint density at radius 1 is 1.28 bits per heavy atom. The van der Waals surface area contributed by atoms with Crippen LogP contribution in [0.3, 0.4) is 0 Å². The van der Waals surface area contributed by atoms with E-state index in [2.05, 4.69) is 5.32 Å². The van der Waals surface area contributed by atoms with Gasteiger partial charge < -0.3 is 11.1 Å². The van der Waals surface area contributed by atoms with Crippen LogP contribution in [-0.4, -0.2) is 13.0 Å². The number of halogens is 3. The maximum Gasteiger partial charge on any atom is 0.416 e. The van der Waals surface area contributed by atoms with Crippen LogP contribution in [0.25, 0.3) is 0 Å². The molecule has 100 valence electrons. The van der Waals surface area contributed by atoms with Crippen LogP contribution in [0.5, 0.6) is 0 Å². The lowest BCUT2D eigenvalue weighted by atomic mass is 9.85. The van der Waals surface area contributed by atoms with Crippen molar-refractivity contribution in [3.8, 4) is 0 Å². The molecule has 1 aromatic carbocycles. The smallest absolute Gasteiger partial charge is 0.370 e. The molecule has 0 saturated heterocycles. The Balaban J connectivity index is 3.34. The van der Waals surface area contributed by atoms with E-state index >= 15 is 0 Å². The van der Waals surface area contributed by atoms with E-state index in [9.17, 15) is 18.0 Å². The molecule has 6 heteroatoms. The Labute approximate surface area is 103 Å². The van der Waals surface area contributed by atoms with Gasteiger partial charge in [-0.25, -0.2) is 0 Å². The molecule has 3 nitrogen and oxygen atoms in total. The van der Waals surface area contributed by atoms with Crippen molar-refractivity contribution in [1.29, 1.82) is 0 Å². The van der Waals surface area contributed by atoms with Crippen LogP contribution >= 0.6 is 0 Å². The summed E-state index contributed by atoms with van der Waals surface area (Å²) in [6.45, 7) is 1.52. The van der Waals surface area contributed by atoms with Crippen molar-refractivity contribution in [2.24, 2.45) is 5.73 Å². The van der Waals surface area contributed by atoms with E-state index in [1.54, 1.807) is 0 Å². The molecule has 0 radical (unpaired) electrons. The minimum absolute atomic E-state index is 0.0128. The summed E-state index contributed by atoms with van der Waals surface area (Å²) in [5.74, 6) is -0.663. The average molecular weight is 260 g/mol. The fourth-order valence-electron chi connectivity index (χ4n) is 1.88. The quantitative estimate of drug-likeness (QED) is 0.870. The first kappa shape index (κ1) is 14.5. The van der Waals surface area contributed by atoms with Crippen molar-refractivity contribution >= 4 is 5.91 Å². The van der Waals surface area contributed by atoms with Gasteiger partial charge in [0.05, 0.1) is 5.56 Å². The number of rotatable bonds is 4. The van der Waals surface area contributed by atoms with Crippen molar-refractivity contribution in [1.82, 2.24) is 5.32 Å². The van der Waals surface area contributed by atoms with Crippen molar-refractivity contribution in [2.45, 2.75) is 25.1 Å². The van der Waals surface area contributed by atoms with E-state index in [4.69, 9.17) is 5.73 Å². The van der Waals surface area contributed by atoms with Crippen LogP contribution in [0.1, 0.15) is 24.5 Å². The molecular formula is C12H15F3N2O. The number of carbonyl (C=O) groups is 1. The van der Waals surface area contributed by atoms with Crippen LogP contribution in [0, 0.1) is 0 Å². The predicted octanol–water partition coefficient (Wildman–Crippen LogP) is 2.02. The number of nitrogens with one attached hydrogen (secondary N) is 1. The molecule has 0 aliphatic carbocycles. The molecule has 0 heterocycles. The third-order valence-electron chi connectivity index (χ3n) is 2.91. The molecule has 18 heavy (non-hydrogen) atoms. The van der Waals surface area contributed by atoms with Crippen LogP contribution in [-0.2, 0) is 16.5 Å². The zero-order valence-electron chi connectivity index (χ0n) is 10.1. The van der Waals surface area contributed by atoms with E-state index in [-0.39, 0.29) is 12.0 Å². The SMILES string of the molecule is CNC(C)(CC(N)=O)c1ccccc1C(F)(F)F. The molecule has 0 aromatic heterocycles. The molecule has 0 fully saturated rings. The molecule has 0 bridgehead atoms. The molecule has 3 N–H and O–H groups in total. The number of benzene rings is 1. The summed E-state index contributed by atoms with van der Waals surface area (Å²) in [7, 11) is 1.50. The number of nitrogens with two attached hydrogens (primary N) is 1. The highest BCUT2D eigenvalue weighted by Crippen LogP contribution is 2.37. The minimum atomic E-state index is -4.47. The predicted molar refractivity (Wildman–Crippen MR) is 61.7 cm³/mol. The van der Waals surface area contributed by atoms with Crippen molar-refractivity contribution < 1.29 is 18.0 Å². The zero-order chi connectivity index (χ0) is 14.0. The third kappa shape index (κ3) is 3.01. The van der Waals surface area contributed by atoms with Gasteiger partial charge in [0.1, 0.15) is 0 Å². The monoisotopic (exact) mass is 260 g/mol. The number of alkyl halides is 3. The summed E-state index contributed by atoms with van der Waals surface area (Å²) in [6.07, 6.45) is -4.68. The number of hydrogen-bond donors (Lipinski definition) is 2. The van der Waals surface area contributed by atoms with Gasteiger partial charge in [-0.05, 0) is 25.6 Å². The van der Waals surface area contributed by atoms with E-state index in [1.165, 1.54) is 32.2 Å². The van der Waals surface area contributed by atoms with Gasteiger partial charge in [0.15, 0.2) is 0 Å². The lowest BCUT2D eigenvalue weighted by molar-refractivity contribution is -0.139. The largest absolute Gasteiger partial charge is 0.416 e. The number of amides is 1. The standard InChI is InChI=1S/C12H15F3N2O/c1-11(17-2,7-10(16)18)8-5-3-4-6-9(8)12(13,14)15/h3-6,17H,7H2,1-2H3,(H2,16,18). The van der Waals surface area contributed by atoms with Gasteiger partial charge in [-0.1, -0.05) is 18.2 Å². The summed E-state index contributed by atoms with van der Waals surface area (Å²) in [5.41, 5.74) is 3.20. The van der Waals surface area contributed by atoms with Gasteiger partial charge in [-0.3, -0.25) is 4.79 Å². The van der Waals surface area contributed by atoms with E-state index in [1.807, 2.05) is 0 Å². The Morgan fingerprint density at radius 2 is 1.78 bits per heavy atom. The highest BCUT2D eigenvalue weighted by Gasteiger charge is 2.39. The van der Waals surface area contributed by atoms with E-state index in [0.717, 1.165) is 6.07 Å². The molecule has 1 amide bonds. The number of carbonyl (C=O) groups excluding carboxylic acids is 1. The molecule has 1 atom stereocenters. The summed E-state index contributed by atoms with van der Waals surface area (Å²) < 4.78 is 38.7. The second kappa shape index (κ2) is 4.97. The van der Waals surface area contributed by atoms with Gasteiger partial charge >= 0.3 is 6.18 Å². The normalized spacial score (nSPS) is 15.2. The van der Waals surface area contributed by atoms with E-state index in [0.29, 0.717) is 0 Å². The molecule has 0 aliphatic heterocycles. The Bertz CT molecular complexity index is 445. The van der Waals surface area contributed by atoms with Crippen LogP contribution in [0.15, 0.2) is 24.3 Å². The second-order valence-electron chi connectivity index (χ2n) is 4.27. The molecule has 1 unspecified atom stereocenters. The molecule has 1 rings (SSSR count). The van der Waals surface area contributed by atoms with Gasteiger partial charge in [-0.2, -0.15) is 13.2 Å². The molecule has 0 saturated carbocycles. The Morgan fingerprint density at radius 3 is 2.17 bits per heavy atom. The third-order valence-corrected chi connectivity index (χ3v) is 2.91. The molecule has 1 aromatic rings. The second-order valence-corrected chi connectivity index (χ2v) is 4.27. The highest BCUT2D eigenvalue weighted by molar-refractivity contribution is 5.75. The lowest BCUT2D eigenvalue weighted by Gasteiger charge is -2.31. The highest BCUT2D eigenvalue weighted by atomic mass is 19.4. The average Bonchev–Trinajstić information content (AvgIpc) is 2.27. The first-order valence-corrected chi connectivity index (χ1v) is 5.34. The Kier molecular flexibility index (Phi) is 4.01. The molecular weight excluding hydrogens is 245 g/mol. The van der Waals surface area contributed by atoms with Crippen LogP contribution < -0.4 is 11.1 Å². The van der Waals surface area contributed by atoms with Gasteiger partial charge in [0.25, 0.3) is 0 Å². The number of hydrogen-bond acceptors (Lipinski definition) is 2. The van der Waals surface area contributed by atoms with Crippen molar-refractivity contribution in [3.05, 3.63) is 35.4 Å². The van der Waals surface area contributed by atoms with Crippen molar-refractivity contribution in [3.63, 3.8) is 0 Å². The van der Waals surface area contributed by atoms with Crippen LogP contribution in [0.4, 0.5) is 13.2 Å². The summed E-state index contributed by atoms with van der Waals surface area (Å²) in [5, 5.41) is 2.74. The first-order chi connectivity index (χ1) is 8.20. The summed E-state index contributed by atoms with van der Waals surface area (Å²) in [4.78, 5) is 11.0. The first-order valence-electron chi connectivity index (χ1n) is 5.34. The maximum atomic E-state index is 12.9. The van der Waals surface area contributed by atoms with Crippen LogP contribution in [0.2, 0.25) is 0 Å². The Hall–Kier alpha value is -1.56. The van der Waals surface area contributed by atoms with Gasteiger partial charge in [-0.15, -0.1) is 0 Å². The lowest BCUT2D eigenvalue weighted by Crippen LogP contribution is -2.42. The molecule has 0 spiro atoms. The maximum absolute atomic E-state index is 12.9. The summed E-state index contributed by atoms with van der Waals surface area (Å²) in [6, 6.07) is 5.15. The fraction of sp³-hybridized carbons (Fsp3) is 0.417. The van der Waals surface area contributed by atoms with Gasteiger partial charge in [0.2, 0.25) is 5.91 Å². The van der Waals surface area contributed by atoms with Crippen molar-refractivity contribution in [2.75, 3.05) is 7.05 Å². The fourth-order valence-corrected chi connectivity index (χ4v) is 1.88. The van der Waals surface area contributed by atoms with Gasteiger partial charge in [0, 0.05) is 12.0 Å².